The summed E-state index contributed by atoms with van der Waals surface area (Å²) in [4.78, 5) is 33.7. The first-order valence-electron chi connectivity index (χ1n) is 38.5. The van der Waals surface area contributed by atoms with E-state index in [4.69, 9.17) is 24.9 Å². The van der Waals surface area contributed by atoms with E-state index in [1.807, 2.05) is 24.3 Å². The number of imidazole rings is 2. The van der Waals surface area contributed by atoms with Crippen molar-refractivity contribution in [2.45, 2.75) is 0 Å². The molecule has 0 aliphatic carbocycles. The van der Waals surface area contributed by atoms with Gasteiger partial charge in [-0.15, -0.1) is 0 Å². The molecule has 2 N–H and O–H groups in total. The van der Waals surface area contributed by atoms with Crippen LogP contribution in [-0.4, -0.2) is 44.0 Å². The fourth-order valence-electron chi connectivity index (χ4n) is 17.6. The fraction of sp³-hybridized carbons (Fsp3) is 0. The molecule has 0 saturated heterocycles. The van der Waals surface area contributed by atoms with Gasteiger partial charge in [0.1, 0.15) is 11.4 Å². The summed E-state index contributed by atoms with van der Waals surface area (Å²) in [5, 5.41) is 4.95. The van der Waals surface area contributed by atoms with Crippen LogP contribution in [0.2, 0.25) is 0 Å². The number of H-pyrrole nitrogens is 2. The van der Waals surface area contributed by atoms with Crippen LogP contribution >= 0.6 is 0 Å². The Morgan fingerprint density at radius 2 is 0.570 bits per heavy atom. The Balaban J connectivity index is 0.000000139. The lowest BCUT2D eigenvalue weighted by atomic mass is 9.99. The monoisotopic (exact) mass is 1460 g/mol. The van der Waals surface area contributed by atoms with E-state index in [2.05, 4.69) is 386 Å². The number of hydrogen-bond acceptors (Lipinski definition) is 5. The molecule has 0 unspecified atom stereocenters. The van der Waals surface area contributed by atoms with Gasteiger partial charge >= 0.3 is 0 Å². The van der Waals surface area contributed by atoms with Crippen molar-refractivity contribution in [1.82, 2.24) is 44.0 Å². The van der Waals surface area contributed by atoms with Crippen LogP contribution in [0.5, 0.6) is 0 Å². The van der Waals surface area contributed by atoms with Gasteiger partial charge in [0.25, 0.3) is 11.6 Å². The smallest absolute Gasteiger partial charge is 0.292 e. The van der Waals surface area contributed by atoms with Gasteiger partial charge in [0.2, 0.25) is 0 Å². The van der Waals surface area contributed by atoms with Crippen molar-refractivity contribution in [1.29, 1.82) is 0 Å². The number of para-hydroxylation sites is 2. The molecule has 11 heteroatoms. The summed E-state index contributed by atoms with van der Waals surface area (Å²) < 4.78 is 9.65. The zero-order valence-electron chi connectivity index (χ0n) is 61.4. The number of aromatic nitrogens is 11. The molecule has 0 fully saturated rings. The Morgan fingerprint density at radius 3 is 1.04 bits per heavy atom. The zero-order valence-corrected chi connectivity index (χ0v) is 61.4. The van der Waals surface area contributed by atoms with Crippen molar-refractivity contribution in [3.05, 3.63) is 382 Å². The summed E-state index contributed by atoms with van der Waals surface area (Å²) in [7, 11) is 0. The molecule has 0 bridgehead atoms. The minimum Gasteiger partial charge on any atom is -0.309 e. The van der Waals surface area contributed by atoms with E-state index in [0.717, 1.165) is 145 Å². The maximum Gasteiger partial charge on any atom is 0.292 e. The molecule has 530 valence electrons. The normalized spacial score (nSPS) is 11.9. The predicted molar refractivity (Wildman–Crippen MR) is 462 cm³/mol. The summed E-state index contributed by atoms with van der Waals surface area (Å²) in [6.45, 7) is 0. The zero-order chi connectivity index (χ0) is 74.9. The van der Waals surface area contributed by atoms with Crippen LogP contribution in [0.25, 0.3) is 223 Å². The lowest BCUT2D eigenvalue weighted by Crippen LogP contribution is -2.32. The molecular weight excluding hydrogens is 1390 g/mol. The Hall–Kier alpha value is -15.6. The standard InChI is InChI=1S/C58H36N6.C45H27N5/c1-4-15-37(16-5-1)41-21-12-23-43(35-41)56-60-55(61-57(62-56)44-24-13-22-42(36-44)38-17-6-2-7-18-38)39-29-31-45(32-30-39)63-50-28-14-26-47-46-25-10-11-27-49(46)64-54-48(33-34-51(63)53(54)52(47)50)59-58(64)40-19-8-3-9-20-40;1-4-13-28(14-5-1)42-43(29-15-6-2-7-16-29)47-36-27-31(23-24-34(36)46-42)49-38-22-12-20-33-32-19-10-11-21-37(32)50-44-35(25-26-39(49)41(44)40(33)38)48-45(50)30-17-8-3-9-18-30/h1-36H;1-27H/p+2. The molecule has 11 nitrogen and oxygen atoms in total. The van der Waals surface area contributed by atoms with Gasteiger partial charge in [0.15, 0.2) is 39.5 Å². The van der Waals surface area contributed by atoms with E-state index in [-0.39, 0.29) is 0 Å². The minimum atomic E-state index is 0.612. The Labute approximate surface area is 654 Å². The maximum absolute atomic E-state index is 5.33. The first kappa shape index (κ1) is 64.4. The number of fused-ring (bicyclic) bond motifs is 7. The predicted octanol–water partition coefficient (Wildman–Crippen LogP) is 24.2. The van der Waals surface area contributed by atoms with Gasteiger partial charge < -0.3 is 9.13 Å². The van der Waals surface area contributed by atoms with Crippen LogP contribution in [0.15, 0.2) is 382 Å². The lowest BCUT2D eigenvalue weighted by molar-refractivity contribution is -0.553. The molecule has 0 saturated carbocycles. The first-order valence-corrected chi connectivity index (χ1v) is 38.5. The molecule has 22 aromatic rings. The van der Waals surface area contributed by atoms with Crippen molar-refractivity contribution < 1.29 is 9.13 Å². The number of nitrogens with one attached hydrogen (secondary N) is 2. The van der Waals surface area contributed by atoms with Gasteiger partial charge in [-0.05, 0) is 161 Å². The van der Waals surface area contributed by atoms with Crippen LogP contribution in [-0.2, 0) is 0 Å². The van der Waals surface area contributed by atoms with Crippen molar-refractivity contribution in [3.63, 3.8) is 0 Å². The highest BCUT2D eigenvalue weighted by Gasteiger charge is 2.35. The second kappa shape index (κ2) is 26.1. The van der Waals surface area contributed by atoms with Gasteiger partial charge in [-0.25, -0.2) is 34.9 Å². The summed E-state index contributed by atoms with van der Waals surface area (Å²) in [5.74, 6) is 3.98. The largest absolute Gasteiger partial charge is 0.309 e. The Morgan fingerprint density at radius 1 is 0.219 bits per heavy atom. The third-order valence-electron chi connectivity index (χ3n) is 22.7. The highest BCUT2D eigenvalue weighted by molar-refractivity contribution is 6.26. The van der Waals surface area contributed by atoms with Crippen molar-refractivity contribution >= 4 is 76.7 Å². The number of aromatic amines is 2. The van der Waals surface area contributed by atoms with E-state index in [0.29, 0.717) is 17.5 Å². The minimum absolute atomic E-state index is 0.612. The molecule has 0 spiro atoms. The average molecular weight is 1460 g/mol. The van der Waals surface area contributed by atoms with E-state index in [1.54, 1.807) is 0 Å². The van der Waals surface area contributed by atoms with Crippen LogP contribution in [0.4, 0.5) is 0 Å². The molecule has 24 rings (SSSR count). The Kier molecular flexibility index (Phi) is 14.7. The molecular formula is C103H65N11+2. The molecule has 8 heterocycles. The SMILES string of the molecule is c1ccc(-c2cccc(-c3nc(-c4ccc(-n5c6cccc7c6c6c5ccc5[nH]c(-c8ccccc8)[n+](c56)-c5ccccc5-7)cc4)nc(-c4cccc(-c5ccccc5)c4)n3)c2)cc1.c1ccc(-c2nc3ccc(-n4c5cccc6c5c5c4ccc4[nH]c(-c7ccccc7)[n+](c45)-c4ccccc4-6)cc3nc2-c2ccccc2)cc1. The second-order valence-corrected chi connectivity index (χ2v) is 29.2. The van der Waals surface area contributed by atoms with Gasteiger partial charge in [-0.2, -0.15) is 9.13 Å². The molecule has 2 aliphatic rings. The third kappa shape index (κ3) is 10.3. The highest BCUT2D eigenvalue weighted by Crippen LogP contribution is 2.48. The second-order valence-electron chi connectivity index (χ2n) is 29.2. The third-order valence-corrected chi connectivity index (χ3v) is 22.7. The quantitative estimate of drug-likeness (QED) is 0.125. The fourth-order valence-corrected chi connectivity index (χ4v) is 17.6. The summed E-state index contributed by atoms with van der Waals surface area (Å²) >= 11 is 0. The molecule has 114 heavy (non-hydrogen) atoms. The van der Waals surface area contributed by atoms with E-state index in [9.17, 15) is 0 Å². The summed E-state index contributed by atoms with van der Waals surface area (Å²) in [6, 6.07) is 135. The molecule has 0 amide bonds. The molecule has 16 aromatic carbocycles. The van der Waals surface area contributed by atoms with Crippen molar-refractivity contribution in [2.75, 3.05) is 0 Å². The van der Waals surface area contributed by atoms with Crippen LogP contribution in [0.3, 0.4) is 0 Å². The van der Waals surface area contributed by atoms with Gasteiger partial charge in [0.05, 0.1) is 66.4 Å². The van der Waals surface area contributed by atoms with E-state index >= 15 is 0 Å². The summed E-state index contributed by atoms with van der Waals surface area (Å²) in [5.41, 5.74) is 33.6. The van der Waals surface area contributed by atoms with Gasteiger partial charge in [-0.3, -0.25) is 0 Å². The van der Waals surface area contributed by atoms with Crippen LogP contribution < -0.4 is 9.13 Å². The number of benzene rings is 16. The van der Waals surface area contributed by atoms with Crippen molar-refractivity contribution in [3.8, 4) is 147 Å². The molecule has 6 aromatic heterocycles. The van der Waals surface area contributed by atoms with E-state index < -0.39 is 0 Å². The van der Waals surface area contributed by atoms with Crippen LogP contribution in [0.1, 0.15) is 0 Å². The van der Waals surface area contributed by atoms with Crippen molar-refractivity contribution in [2.24, 2.45) is 0 Å². The average Bonchev–Trinajstić information content (AvgIpc) is 1.54. The molecule has 2 aliphatic heterocycles. The van der Waals surface area contributed by atoms with Crippen LogP contribution in [0, 0.1) is 0 Å². The lowest BCUT2D eigenvalue weighted by Gasteiger charge is -2.13. The van der Waals surface area contributed by atoms with Gasteiger partial charge in [-0.1, -0.05) is 255 Å². The van der Waals surface area contributed by atoms with Gasteiger partial charge in [0, 0.05) is 61.1 Å². The topological polar surface area (TPSA) is 114 Å². The summed E-state index contributed by atoms with van der Waals surface area (Å²) in [6.07, 6.45) is 0. The molecule has 0 radical (unpaired) electrons. The number of nitrogens with zero attached hydrogens (tertiary/aromatic N) is 9. The Bertz CT molecular complexity index is 7520. The molecule has 0 atom stereocenters. The highest BCUT2D eigenvalue weighted by atomic mass is 15.1. The van der Waals surface area contributed by atoms with E-state index in [1.165, 1.54) is 60.5 Å². The maximum atomic E-state index is 5.33. The number of rotatable bonds is 11. The number of hydrogen-bond donors (Lipinski definition) is 2. The first-order chi connectivity index (χ1) is 56.5.